The van der Waals surface area contributed by atoms with E-state index in [-0.39, 0.29) is 0 Å². The Morgan fingerprint density at radius 2 is 2.33 bits per heavy atom. The van der Waals surface area contributed by atoms with Gasteiger partial charge < -0.3 is 10.0 Å². The van der Waals surface area contributed by atoms with Crippen LogP contribution >= 0.6 is 11.6 Å². The van der Waals surface area contributed by atoms with E-state index in [9.17, 15) is 4.79 Å². The molecule has 0 bridgehead atoms. The Morgan fingerprint density at radius 1 is 1.61 bits per heavy atom. The van der Waals surface area contributed by atoms with Gasteiger partial charge in [-0.05, 0) is 30.7 Å². The minimum atomic E-state index is -0.990. The molecule has 3 nitrogen and oxygen atoms in total. The number of halogens is 1. The number of nitrogens with zero attached hydrogens (tertiary/aromatic N) is 1. The number of hydrogen-bond acceptors (Lipinski definition) is 2. The third-order valence-electron chi connectivity index (χ3n) is 2.40. The Hall–Kier alpha value is -1.92. The predicted molar refractivity (Wildman–Crippen MR) is 74.8 cm³/mol. The molecule has 0 aliphatic heterocycles. The zero-order chi connectivity index (χ0) is 13.5. The first-order valence-corrected chi connectivity index (χ1v) is 5.85. The molecule has 0 aromatic heterocycles. The van der Waals surface area contributed by atoms with Crippen molar-refractivity contribution in [3.8, 4) is 12.3 Å². The molecule has 0 heterocycles. The van der Waals surface area contributed by atoms with Gasteiger partial charge in [-0.15, -0.1) is 6.42 Å². The van der Waals surface area contributed by atoms with Crippen LogP contribution in [-0.2, 0) is 4.79 Å². The summed E-state index contributed by atoms with van der Waals surface area (Å²) in [6, 6.07) is 5.27. The maximum atomic E-state index is 10.6. The highest BCUT2D eigenvalue weighted by atomic mass is 35.5. The van der Waals surface area contributed by atoms with Crippen LogP contribution in [0.15, 0.2) is 24.3 Å². The largest absolute Gasteiger partial charge is 0.478 e. The third kappa shape index (κ3) is 3.83. The van der Waals surface area contributed by atoms with Crippen LogP contribution in [0.1, 0.15) is 12.5 Å². The van der Waals surface area contributed by atoms with Crippen molar-refractivity contribution in [3.05, 3.63) is 34.9 Å². The van der Waals surface area contributed by atoms with Gasteiger partial charge in [-0.1, -0.05) is 23.6 Å². The predicted octanol–water partition coefficient (Wildman–Crippen LogP) is 2.90. The second kappa shape index (κ2) is 6.73. The summed E-state index contributed by atoms with van der Waals surface area (Å²) in [6.07, 6.45) is 7.94. The van der Waals surface area contributed by atoms with Gasteiger partial charge in [-0.2, -0.15) is 0 Å². The van der Waals surface area contributed by atoms with Crippen molar-refractivity contribution in [2.24, 2.45) is 0 Å². The molecule has 0 unspecified atom stereocenters. The summed E-state index contributed by atoms with van der Waals surface area (Å²) in [4.78, 5) is 12.5. The first-order chi connectivity index (χ1) is 8.58. The van der Waals surface area contributed by atoms with Crippen LogP contribution in [0, 0.1) is 12.3 Å². The van der Waals surface area contributed by atoms with Gasteiger partial charge in [0.05, 0.1) is 6.54 Å². The molecule has 0 amide bonds. The van der Waals surface area contributed by atoms with Gasteiger partial charge in [0, 0.05) is 23.3 Å². The Labute approximate surface area is 112 Å². The minimum absolute atomic E-state index is 0.449. The third-order valence-corrected chi connectivity index (χ3v) is 2.64. The highest BCUT2D eigenvalue weighted by Crippen LogP contribution is 2.26. The molecule has 0 atom stereocenters. The molecule has 4 heteroatoms. The molecule has 0 spiro atoms. The Balaban J connectivity index is 3.18. The Morgan fingerprint density at radius 3 is 2.89 bits per heavy atom. The van der Waals surface area contributed by atoms with Gasteiger partial charge in [-0.25, -0.2) is 4.79 Å². The van der Waals surface area contributed by atoms with E-state index in [1.54, 1.807) is 18.2 Å². The van der Waals surface area contributed by atoms with E-state index < -0.39 is 5.97 Å². The molecule has 0 radical (unpaired) electrons. The molecule has 18 heavy (non-hydrogen) atoms. The van der Waals surface area contributed by atoms with Gasteiger partial charge in [-0.3, -0.25) is 0 Å². The quantitative estimate of drug-likeness (QED) is 0.656. The molecule has 1 aromatic rings. The summed E-state index contributed by atoms with van der Waals surface area (Å²) in [5.74, 6) is 1.58. The van der Waals surface area contributed by atoms with Crippen LogP contribution in [0.25, 0.3) is 6.08 Å². The molecule has 0 saturated heterocycles. The standard InChI is InChI=1S/C14H14ClNO2/c1-3-9-16(4-2)13-10-12(15)7-5-11(13)6-8-14(17)18/h1,5-8,10H,4,9H2,2H3,(H,17,18)/b8-6+. The molecule has 1 N–H and O–H groups in total. The topological polar surface area (TPSA) is 40.5 Å². The van der Waals surface area contributed by atoms with E-state index in [1.807, 2.05) is 11.8 Å². The fourth-order valence-corrected chi connectivity index (χ4v) is 1.74. The Kier molecular flexibility index (Phi) is 5.29. The van der Waals surface area contributed by atoms with E-state index in [4.69, 9.17) is 23.1 Å². The van der Waals surface area contributed by atoms with Crippen molar-refractivity contribution in [2.45, 2.75) is 6.92 Å². The highest BCUT2D eigenvalue weighted by molar-refractivity contribution is 6.31. The van der Waals surface area contributed by atoms with Crippen molar-refractivity contribution in [1.29, 1.82) is 0 Å². The second-order valence-corrected chi connectivity index (χ2v) is 4.03. The van der Waals surface area contributed by atoms with E-state index in [0.29, 0.717) is 11.6 Å². The summed E-state index contributed by atoms with van der Waals surface area (Å²) < 4.78 is 0. The molecule has 0 aliphatic rings. The molecule has 1 aromatic carbocycles. The molecule has 0 fully saturated rings. The number of hydrogen-bond donors (Lipinski definition) is 1. The van der Waals surface area contributed by atoms with Gasteiger partial charge >= 0.3 is 5.97 Å². The normalized spacial score (nSPS) is 10.3. The lowest BCUT2D eigenvalue weighted by atomic mass is 10.1. The SMILES string of the molecule is C#CCN(CC)c1cc(Cl)ccc1/C=C/C(=O)O. The molecule has 94 valence electrons. The van der Waals surface area contributed by atoms with Crippen molar-refractivity contribution in [2.75, 3.05) is 18.0 Å². The van der Waals surface area contributed by atoms with Crippen molar-refractivity contribution < 1.29 is 9.90 Å². The average Bonchev–Trinajstić information content (AvgIpc) is 2.34. The van der Waals surface area contributed by atoms with Crippen LogP contribution in [0.4, 0.5) is 5.69 Å². The lowest BCUT2D eigenvalue weighted by molar-refractivity contribution is -0.131. The summed E-state index contributed by atoms with van der Waals surface area (Å²) in [7, 11) is 0. The van der Waals surface area contributed by atoms with Gasteiger partial charge in [0.15, 0.2) is 0 Å². The summed E-state index contributed by atoms with van der Waals surface area (Å²) in [5.41, 5.74) is 1.61. The molecule has 0 aliphatic carbocycles. The van der Waals surface area contributed by atoms with Crippen molar-refractivity contribution >= 4 is 29.3 Å². The van der Waals surface area contributed by atoms with Gasteiger partial charge in [0.1, 0.15) is 0 Å². The maximum absolute atomic E-state index is 10.6. The number of anilines is 1. The number of carbonyl (C=O) groups is 1. The second-order valence-electron chi connectivity index (χ2n) is 3.59. The average molecular weight is 264 g/mol. The van der Waals surface area contributed by atoms with Crippen molar-refractivity contribution in [3.63, 3.8) is 0 Å². The van der Waals surface area contributed by atoms with Crippen LogP contribution < -0.4 is 4.90 Å². The van der Waals surface area contributed by atoms with Crippen molar-refractivity contribution in [1.82, 2.24) is 0 Å². The maximum Gasteiger partial charge on any atom is 0.328 e. The van der Waals surface area contributed by atoms with Gasteiger partial charge in [0.2, 0.25) is 0 Å². The number of terminal acetylenes is 1. The van der Waals surface area contributed by atoms with Crippen LogP contribution in [-0.4, -0.2) is 24.2 Å². The minimum Gasteiger partial charge on any atom is -0.478 e. The van der Waals surface area contributed by atoms with E-state index in [0.717, 1.165) is 23.9 Å². The van der Waals surface area contributed by atoms with E-state index >= 15 is 0 Å². The zero-order valence-corrected chi connectivity index (χ0v) is 10.8. The fourth-order valence-electron chi connectivity index (χ4n) is 1.57. The smallest absolute Gasteiger partial charge is 0.328 e. The number of rotatable bonds is 5. The van der Waals surface area contributed by atoms with Crippen LogP contribution in [0.3, 0.4) is 0 Å². The fraction of sp³-hybridized carbons (Fsp3) is 0.214. The van der Waals surface area contributed by atoms with Gasteiger partial charge in [0.25, 0.3) is 0 Å². The summed E-state index contributed by atoms with van der Waals surface area (Å²) >= 11 is 5.96. The first-order valence-electron chi connectivity index (χ1n) is 5.47. The summed E-state index contributed by atoms with van der Waals surface area (Å²) in [6.45, 7) is 3.14. The number of carboxylic acid groups (broad SMARTS) is 1. The molecule has 0 saturated carbocycles. The lowest BCUT2D eigenvalue weighted by Gasteiger charge is -2.22. The molecular weight excluding hydrogens is 250 g/mol. The first kappa shape index (κ1) is 14.1. The Bertz CT molecular complexity index is 503. The molecular formula is C14H14ClNO2. The number of benzene rings is 1. The number of carboxylic acids is 1. The van der Waals surface area contributed by atoms with Crippen LogP contribution in [0.2, 0.25) is 5.02 Å². The monoisotopic (exact) mass is 263 g/mol. The molecule has 1 rings (SSSR count). The van der Waals surface area contributed by atoms with Crippen LogP contribution in [0.5, 0.6) is 0 Å². The van der Waals surface area contributed by atoms with E-state index in [2.05, 4.69) is 5.92 Å². The number of aliphatic carboxylic acids is 1. The lowest BCUT2D eigenvalue weighted by Crippen LogP contribution is -2.23. The highest BCUT2D eigenvalue weighted by Gasteiger charge is 2.08. The van der Waals surface area contributed by atoms with E-state index in [1.165, 1.54) is 6.08 Å². The summed E-state index contributed by atoms with van der Waals surface area (Å²) in [5, 5.41) is 9.25. The zero-order valence-electron chi connectivity index (χ0n) is 10.1.